The van der Waals surface area contributed by atoms with Crippen molar-refractivity contribution in [3.8, 4) is 0 Å². The molecule has 11 nitrogen and oxygen atoms in total. The molecule has 1 fully saturated rings. The minimum Gasteiger partial charge on any atom is -0.454 e. The Hall–Kier alpha value is -2.12. The largest absolute Gasteiger partial charge is 0.454 e. The Morgan fingerprint density at radius 2 is 0.930 bits per heavy atom. The first-order valence-corrected chi connectivity index (χ1v) is 29.8. The minimum atomic E-state index is -1.62. The van der Waals surface area contributed by atoms with Crippen LogP contribution in [0.25, 0.3) is 0 Å². The Morgan fingerprint density at radius 1 is 0.535 bits per heavy atom. The normalized spacial score (nSPS) is 19.8. The SMILES string of the molecule is CCCCCCCC/C=C\CCCCCC(=O)OC1C(OCC(NC(=O)C(O)CCCCCCCCCC/C=C/CCCCCCCC)C(O)/C=C/CCCCCCCCCCC)OC(CO)C(O)C1O. The fourth-order valence-electron chi connectivity index (χ4n) is 9.23. The fourth-order valence-corrected chi connectivity index (χ4v) is 9.23. The second-order valence-electron chi connectivity index (χ2n) is 20.7. The second kappa shape index (κ2) is 48.8. The molecule has 0 aliphatic carbocycles. The van der Waals surface area contributed by atoms with E-state index < -0.39 is 67.4 Å². The number of hydrogen-bond acceptors (Lipinski definition) is 10. The molecular formula is C60H111NO10. The third-order valence-electron chi connectivity index (χ3n) is 14.0. The zero-order valence-corrected chi connectivity index (χ0v) is 45.9. The Labute approximate surface area is 434 Å². The predicted octanol–water partition coefficient (Wildman–Crippen LogP) is 13.5. The van der Waals surface area contributed by atoms with Crippen LogP contribution in [0.1, 0.15) is 271 Å². The number of esters is 1. The Bertz CT molecular complexity index is 1290. The van der Waals surface area contributed by atoms with E-state index in [9.17, 15) is 35.1 Å². The highest BCUT2D eigenvalue weighted by molar-refractivity contribution is 5.80. The van der Waals surface area contributed by atoms with Gasteiger partial charge in [-0.3, -0.25) is 9.59 Å². The molecule has 71 heavy (non-hydrogen) atoms. The summed E-state index contributed by atoms with van der Waals surface area (Å²) in [6, 6.07) is -1.02. The number of carbonyl (C=O) groups is 2. The third-order valence-corrected chi connectivity index (χ3v) is 14.0. The highest BCUT2D eigenvalue weighted by Gasteiger charge is 2.47. The summed E-state index contributed by atoms with van der Waals surface area (Å²) in [6.45, 7) is 5.76. The van der Waals surface area contributed by atoms with Gasteiger partial charge in [-0.25, -0.2) is 0 Å². The van der Waals surface area contributed by atoms with Gasteiger partial charge in [-0.1, -0.05) is 224 Å². The van der Waals surface area contributed by atoms with Gasteiger partial charge >= 0.3 is 5.97 Å². The summed E-state index contributed by atoms with van der Waals surface area (Å²) in [5.41, 5.74) is 0. The van der Waals surface area contributed by atoms with Gasteiger partial charge in [0.15, 0.2) is 12.4 Å². The predicted molar refractivity (Wildman–Crippen MR) is 292 cm³/mol. The third kappa shape index (κ3) is 37.3. The number of amides is 1. The maximum atomic E-state index is 13.4. The van der Waals surface area contributed by atoms with E-state index in [0.717, 1.165) is 70.6 Å². The number of unbranched alkanes of at least 4 members (excludes halogenated alkanes) is 32. The molecule has 6 N–H and O–H groups in total. The molecule has 8 unspecified atom stereocenters. The molecule has 0 spiro atoms. The molecule has 0 aromatic heterocycles. The van der Waals surface area contributed by atoms with Gasteiger partial charge in [0.1, 0.15) is 24.4 Å². The lowest BCUT2D eigenvalue weighted by Crippen LogP contribution is -2.61. The van der Waals surface area contributed by atoms with E-state index in [2.05, 4.69) is 50.4 Å². The zero-order chi connectivity index (χ0) is 51.8. The Morgan fingerprint density at radius 3 is 1.37 bits per heavy atom. The van der Waals surface area contributed by atoms with E-state index in [0.29, 0.717) is 12.8 Å². The van der Waals surface area contributed by atoms with Crippen molar-refractivity contribution < 1.29 is 49.3 Å². The highest BCUT2D eigenvalue weighted by Crippen LogP contribution is 2.26. The molecule has 1 amide bonds. The Kier molecular flexibility index (Phi) is 46.0. The average Bonchev–Trinajstić information content (AvgIpc) is 3.37. The first-order chi connectivity index (χ1) is 34.7. The smallest absolute Gasteiger partial charge is 0.306 e. The molecule has 416 valence electrons. The van der Waals surface area contributed by atoms with Crippen molar-refractivity contribution >= 4 is 11.9 Å². The van der Waals surface area contributed by atoms with E-state index in [-0.39, 0.29) is 19.4 Å². The summed E-state index contributed by atoms with van der Waals surface area (Å²) in [7, 11) is 0. The number of nitrogens with one attached hydrogen (secondary N) is 1. The minimum absolute atomic E-state index is 0.105. The van der Waals surface area contributed by atoms with Crippen LogP contribution in [0.2, 0.25) is 0 Å². The summed E-state index contributed by atoms with van der Waals surface area (Å²) in [5, 5.41) is 56.8. The first-order valence-electron chi connectivity index (χ1n) is 29.8. The topological polar surface area (TPSA) is 175 Å². The van der Waals surface area contributed by atoms with Crippen molar-refractivity contribution in [2.45, 2.75) is 320 Å². The Balaban J connectivity index is 2.70. The number of aliphatic hydroxyl groups excluding tert-OH is 5. The van der Waals surface area contributed by atoms with E-state index in [1.165, 1.54) is 154 Å². The van der Waals surface area contributed by atoms with Crippen LogP contribution in [0.5, 0.6) is 0 Å². The number of allylic oxidation sites excluding steroid dienone is 5. The van der Waals surface area contributed by atoms with Crippen LogP contribution < -0.4 is 5.32 Å². The quantitative estimate of drug-likeness (QED) is 0.0195. The number of carbonyl (C=O) groups excluding carboxylic acids is 2. The molecule has 8 atom stereocenters. The van der Waals surface area contributed by atoms with E-state index in [4.69, 9.17) is 14.2 Å². The fraction of sp³-hybridized carbons (Fsp3) is 0.867. The van der Waals surface area contributed by atoms with Gasteiger partial charge < -0.3 is 45.1 Å². The number of ether oxygens (including phenoxy) is 3. The molecule has 1 heterocycles. The lowest BCUT2D eigenvalue weighted by molar-refractivity contribution is -0.305. The van der Waals surface area contributed by atoms with Gasteiger partial charge in [0, 0.05) is 6.42 Å². The van der Waals surface area contributed by atoms with Crippen LogP contribution in [0, 0.1) is 0 Å². The first kappa shape index (κ1) is 66.9. The van der Waals surface area contributed by atoms with Crippen LogP contribution in [0.4, 0.5) is 0 Å². The maximum absolute atomic E-state index is 13.4. The van der Waals surface area contributed by atoms with Crippen molar-refractivity contribution in [1.82, 2.24) is 5.32 Å². The van der Waals surface area contributed by atoms with Gasteiger partial charge in [0.25, 0.3) is 0 Å². The summed E-state index contributed by atoms with van der Waals surface area (Å²) in [4.78, 5) is 26.4. The van der Waals surface area contributed by atoms with Crippen LogP contribution >= 0.6 is 0 Å². The molecule has 11 heteroatoms. The zero-order valence-electron chi connectivity index (χ0n) is 45.9. The molecule has 1 rings (SSSR count). The van der Waals surface area contributed by atoms with Crippen LogP contribution in [-0.2, 0) is 23.8 Å². The lowest BCUT2D eigenvalue weighted by Gasteiger charge is -2.41. The number of aliphatic hydroxyl groups is 5. The van der Waals surface area contributed by atoms with Gasteiger partial charge in [-0.15, -0.1) is 0 Å². The van der Waals surface area contributed by atoms with Crippen molar-refractivity contribution in [2.24, 2.45) is 0 Å². The lowest BCUT2D eigenvalue weighted by atomic mass is 9.99. The van der Waals surface area contributed by atoms with E-state index in [1.54, 1.807) is 6.08 Å². The molecule has 0 saturated carbocycles. The van der Waals surface area contributed by atoms with Crippen molar-refractivity contribution in [2.75, 3.05) is 13.2 Å². The van der Waals surface area contributed by atoms with Gasteiger partial charge in [-0.05, 0) is 77.0 Å². The summed E-state index contributed by atoms with van der Waals surface area (Å²) < 4.78 is 17.5. The van der Waals surface area contributed by atoms with Crippen LogP contribution in [-0.4, -0.2) is 99.6 Å². The number of rotatable bonds is 50. The molecule has 1 aliphatic rings. The standard InChI is InChI=1S/C60H111NO10/c1-4-7-10-13-16-19-22-24-25-26-27-28-30-32-35-38-41-44-47-53(64)59(68)61-51(52(63)46-43-40-37-34-31-21-18-15-12-9-6-3)50-69-60-58(57(67)56(66)54(49-62)70-60)71-55(65)48-45-42-39-36-33-29-23-20-17-14-11-8-5-2/h24-25,29,33,43,46,51-54,56-58,60,62-64,66-67H,4-23,26-28,30-32,34-42,44-45,47-50H2,1-3H3,(H,61,68)/b25-24+,33-29-,46-43+. The molecule has 1 saturated heterocycles. The molecular weight excluding hydrogens is 895 g/mol. The maximum Gasteiger partial charge on any atom is 0.306 e. The van der Waals surface area contributed by atoms with E-state index >= 15 is 0 Å². The van der Waals surface area contributed by atoms with Gasteiger partial charge in [0.05, 0.1) is 25.4 Å². The van der Waals surface area contributed by atoms with Gasteiger partial charge in [0.2, 0.25) is 5.91 Å². The molecule has 0 aromatic rings. The van der Waals surface area contributed by atoms with E-state index in [1.807, 2.05) is 6.08 Å². The molecule has 0 aromatic carbocycles. The average molecular weight is 1010 g/mol. The second-order valence-corrected chi connectivity index (χ2v) is 20.7. The molecule has 1 aliphatic heterocycles. The summed E-state index contributed by atoms with van der Waals surface area (Å²) >= 11 is 0. The van der Waals surface area contributed by atoms with Gasteiger partial charge in [-0.2, -0.15) is 0 Å². The monoisotopic (exact) mass is 1010 g/mol. The van der Waals surface area contributed by atoms with Crippen molar-refractivity contribution in [3.63, 3.8) is 0 Å². The highest BCUT2D eigenvalue weighted by atomic mass is 16.7. The van der Waals surface area contributed by atoms with Crippen molar-refractivity contribution in [1.29, 1.82) is 0 Å². The van der Waals surface area contributed by atoms with Crippen molar-refractivity contribution in [3.05, 3.63) is 36.5 Å². The van der Waals surface area contributed by atoms with Crippen LogP contribution in [0.3, 0.4) is 0 Å². The number of hydrogen-bond donors (Lipinski definition) is 6. The molecule has 0 radical (unpaired) electrons. The summed E-state index contributed by atoms with van der Waals surface area (Å²) in [5.74, 6) is -1.21. The molecule has 0 bridgehead atoms. The van der Waals surface area contributed by atoms with Crippen LogP contribution in [0.15, 0.2) is 36.5 Å². The summed E-state index contributed by atoms with van der Waals surface area (Å²) in [6.07, 6.45) is 46.2.